The molecule has 3 rings (SSSR count). The number of nitrogens with zero attached hydrogens (tertiary/aromatic N) is 2. The van der Waals surface area contributed by atoms with E-state index in [1.807, 2.05) is 0 Å². The predicted molar refractivity (Wildman–Crippen MR) is 78.9 cm³/mol. The molecule has 0 N–H and O–H groups in total. The minimum atomic E-state index is -0.280. The minimum absolute atomic E-state index is 0.280. The van der Waals surface area contributed by atoms with Gasteiger partial charge in [-0.2, -0.15) is 0 Å². The summed E-state index contributed by atoms with van der Waals surface area (Å²) in [5, 5.41) is 0. The number of halogens is 3. The van der Waals surface area contributed by atoms with Gasteiger partial charge < -0.3 is 4.57 Å². The zero-order valence-electron chi connectivity index (χ0n) is 10.5. The Labute approximate surface area is 125 Å². The molecule has 0 radical (unpaired) electrons. The van der Waals surface area contributed by atoms with Gasteiger partial charge in [0.2, 0.25) is 0 Å². The van der Waals surface area contributed by atoms with E-state index >= 15 is 0 Å². The Bertz CT molecular complexity index is 607. The fraction of sp³-hybridized carbons (Fsp3) is 0.500. The number of alkyl halides is 1. The molecule has 0 amide bonds. The van der Waals surface area contributed by atoms with Crippen molar-refractivity contribution in [2.45, 2.75) is 38.1 Å². The molecular weight excluding hydrogens is 331 g/mol. The number of hydrogen-bond donors (Lipinski definition) is 0. The van der Waals surface area contributed by atoms with Gasteiger partial charge in [-0.3, -0.25) is 0 Å². The Morgan fingerprint density at radius 1 is 1.42 bits per heavy atom. The van der Waals surface area contributed by atoms with Gasteiger partial charge >= 0.3 is 0 Å². The van der Waals surface area contributed by atoms with E-state index in [-0.39, 0.29) is 5.82 Å². The summed E-state index contributed by atoms with van der Waals surface area (Å²) in [6.07, 6.45) is 5.18. The van der Waals surface area contributed by atoms with Gasteiger partial charge in [-0.05, 0) is 34.3 Å². The van der Waals surface area contributed by atoms with Gasteiger partial charge in [-0.15, -0.1) is 11.6 Å². The van der Waals surface area contributed by atoms with Crippen LogP contribution in [-0.2, 0) is 12.4 Å². The molecule has 1 aliphatic rings. The minimum Gasteiger partial charge on any atom is -0.327 e. The summed E-state index contributed by atoms with van der Waals surface area (Å²) in [4.78, 5) is 4.43. The largest absolute Gasteiger partial charge is 0.327 e. The van der Waals surface area contributed by atoms with Gasteiger partial charge in [0.25, 0.3) is 0 Å². The van der Waals surface area contributed by atoms with E-state index in [1.165, 1.54) is 25.3 Å². The van der Waals surface area contributed by atoms with Crippen LogP contribution in [0.5, 0.6) is 0 Å². The van der Waals surface area contributed by atoms with Crippen LogP contribution in [-0.4, -0.2) is 9.55 Å². The highest BCUT2D eigenvalue weighted by atomic mass is 79.9. The van der Waals surface area contributed by atoms with Crippen molar-refractivity contribution in [3.8, 4) is 0 Å². The first-order chi connectivity index (χ1) is 9.19. The smallest absolute Gasteiger partial charge is 0.139 e. The van der Waals surface area contributed by atoms with Crippen LogP contribution in [0.4, 0.5) is 4.39 Å². The molecule has 0 saturated heterocycles. The van der Waals surface area contributed by atoms with E-state index in [1.54, 1.807) is 6.07 Å². The van der Waals surface area contributed by atoms with Crippen molar-refractivity contribution < 1.29 is 4.39 Å². The maximum Gasteiger partial charge on any atom is 0.139 e. The van der Waals surface area contributed by atoms with Gasteiger partial charge in [0, 0.05) is 12.6 Å². The Balaban J connectivity index is 1.96. The third kappa shape index (κ3) is 2.52. The van der Waals surface area contributed by atoms with Gasteiger partial charge in [0.15, 0.2) is 0 Å². The topological polar surface area (TPSA) is 17.8 Å². The van der Waals surface area contributed by atoms with E-state index in [0.29, 0.717) is 15.9 Å². The van der Waals surface area contributed by atoms with Crippen LogP contribution in [0.2, 0.25) is 0 Å². The van der Waals surface area contributed by atoms with Crippen molar-refractivity contribution in [1.82, 2.24) is 9.55 Å². The van der Waals surface area contributed by atoms with E-state index in [0.717, 1.165) is 30.2 Å². The third-order valence-electron chi connectivity index (χ3n) is 3.97. The maximum absolute atomic E-state index is 13.5. The van der Waals surface area contributed by atoms with Crippen LogP contribution in [0.25, 0.3) is 11.0 Å². The fourth-order valence-corrected chi connectivity index (χ4v) is 3.15. The van der Waals surface area contributed by atoms with E-state index < -0.39 is 0 Å². The normalized spacial score (nSPS) is 15.9. The first-order valence-corrected chi connectivity index (χ1v) is 7.92. The van der Waals surface area contributed by atoms with E-state index in [2.05, 4.69) is 25.5 Å². The zero-order chi connectivity index (χ0) is 13.4. The number of hydrogen-bond acceptors (Lipinski definition) is 1. The Kier molecular flexibility index (Phi) is 3.81. The molecular formula is C14H15BrClFN2. The third-order valence-corrected chi connectivity index (χ3v) is 4.82. The lowest BCUT2D eigenvalue weighted by atomic mass is 9.83. The number of aromatic nitrogens is 2. The Morgan fingerprint density at radius 3 is 2.84 bits per heavy atom. The molecule has 1 saturated carbocycles. The SMILES string of the molecule is Fc1cc2nc(CCl)n(CCC3CCC3)c2cc1Br. The summed E-state index contributed by atoms with van der Waals surface area (Å²) < 4.78 is 16.1. The van der Waals surface area contributed by atoms with E-state index in [9.17, 15) is 4.39 Å². The lowest BCUT2D eigenvalue weighted by Gasteiger charge is -2.25. The van der Waals surface area contributed by atoms with Crippen molar-refractivity contribution in [2.75, 3.05) is 0 Å². The Morgan fingerprint density at radius 2 is 2.21 bits per heavy atom. The molecule has 1 heterocycles. The molecule has 19 heavy (non-hydrogen) atoms. The summed E-state index contributed by atoms with van der Waals surface area (Å²) in [6.45, 7) is 0.918. The molecule has 0 unspecified atom stereocenters. The second-order valence-corrected chi connectivity index (χ2v) is 6.28. The average molecular weight is 346 g/mol. The van der Waals surface area contributed by atoms with E-state index in [4.69, 9.17) is 11.6 Å². The van der Waals surface area contributed by atoms with Crippen LogP contribution >= 0.6 is 27.5 Å². The highest BCUT2D eigenvalue weighted by Gasteiger charge is 2.19. The molecule has 5 heteroatoms. The lowest BCUT2D eigenvalue weighted by Crippen LogP contribution is -2.14. The highest BCUT2D eigenvalue weighted by Crippen LogP contribution is 2.31. The molecule has 2 aromatic rings. The first-order valence-electron chi connectivity index (χ1n) is 6.59. The first kappa shape index (κ1) is 13.4. The van der Waals surface area contributed by atoms with Crippen LogP contribution < -0.4 is 0 Å². The Hall–Kier alpha value is -0.610. The number of aryl methyl sites for hydroxylation is 1. The van der Waals surface area contributed by atoms with Crippen LogP contribution in [0.15, 0.2) is 16.6 Å². The van der Waals surface area contributed by atoms with Crippen LogP contribution in [0, 0.1) is 11.7 Å². The van der Waals surface area contributed by atoms with Crippen molar-refractivity contribution in [1.29, 1.82) is 0 Å². The average Bonchev–Trinajstić information content (AvgIpc) is 2.66. The monoisotopic (exact) mass is 344 g/mol. The number of imidazole rings is 1. The molecule has 1 aromatic heterocycles. The molecule has 1 aromatic carbocycles. The second-order valence-electron chi connectivity index (χ2n) is 5.15. The van der Waals surface area contributed by atoms with Gasteiger partial charge in [-0.1, -0.05) is 19.3 Å². The van der Waals surface area contributed by atoms with Gasteiger partial charge in [-0.25, -0.2) is 9.37 Å². The fourth-order valence-electron chi connectivity index (χ4n) is 2.61. The maximum atomic E-state index is 13.5. The molecule has 102 valence electrons. The van der Waals surface area contributed by atoms with Gasteiger partial charge in [0.05, 0.1) is 21.4 Å². The second kappa shape index (κ2) is 5.41. The quantitative estimate of drug-likeness (QED) is 0.723. The van der Waals surface area contributed by atoms with Crippen molar-refractivity contribution in [3.63, 3.8) is 0 Å². The lowest BCUT2D eigenvalue weighted by molar-refractivity contribution is 0.282. The molecule has 1 aliphatic carbocycles. The molecule has 1 fully saturated rings. The van der Waals surface area contributed by atoms with Crippen LogP contribution in [0.3, 0.4) is 0 Å². The zero-order valence-corrected chi connectivity index (χ0v) is 12.8. The number of benzene rings is 1. The molecule has 0 bridgehead atoms. The van der Waals surface area contributed by atoms with Crippen molar-refractivity contribution >= 4 is 38.6 Å². The molecule has 0 atom stereocenters. The van der Waals surface area contributed by atoms with Gasteiger partial charge in [0.1, 0.15) is 11.6 Å². The van der Waals surface area contributed by atoms with Crippen LogP contribution in [0.1, 0.15) is 31.5 Å². The summed E-state index contributed by atoms with van der Waals surface area (Å²) in [5.41, 5.74) is 1.65. The van der Waals surface area contributed by atoms with Crippen molar-refractivity contribution in [3.05, 3.63) is 28.2 Å². The molecule has 0 spiro atoms. The highest BCUT2D eigenvalue weighted by molar-refractivity contribution is 9.10. The molecule has 0 aliphatic heterocycles. The molecule has 2 nitrogen and oxygen atoms in total. The predicted octanol–water partition coefficient (Wildman–Crippen LogP) is 4.87. The number of fused-ring (bicyclic) bond motifs is 1. The number of rotatable bonds is 4. The summed E-state index contributed by atoms with van der Waals surface area (Å²) in [6, 6.07) is 3.27. The standard InChI is InChI=1S/C14H15BrClFN2/c15-10-6-13-12(7-11(10)17)18-14(8-16)19(13)5-4-9-2-1-3-9/h6-7,9H,1-5,8H2. The van der Waals surface area contributed by atoms with Crippen molar-refractivity contribution in [2.24, 2.45) is 5.92 Å². The summed E-state index contributed by atoms with van der Waals surface area (Å²) >= 11 is 9.19. The summed E-state index contributed by atoms with van der Waals surface area (Å²) in [5.74, 6) is 1.74. The summed E-state index contributed by atoms with van der Waals surface area (Å²) in [7, 11) is 0.